The van der Waals surface area contributed by atoms with Gasteiger partial charge in [0.25, 0.3) is 0 Å². The summed E-state index contributed by atoms with van der Waals surface area (Å²) in [6, 6.07) is 5.49. The standard InChI is InChI=1S/C13H16Br2O3/c1-8(12(16)18-13(2,3)4)17-11-6-5-9(14)7-10(11)15/h5-8H,1-4H3. The number of carbonyl (C=O) groups excluding carboxylic acids is 1. The Morgan fingerprint density at radius 2 is 1.89 bits per heavy atom. The summed E-state index contributed by atoms with van der Waals surface area (Å²) in [4.78, 5) is 11.8. The predicted molar refractivity (Wildman–Crippen MR) is 77.8 cm³/mol. The van der Waals surface area contributed by atoms with Crippen molar-refractivity contribution in [2.75, 3.05) is 0 Å². The van der Waals surface area contributed by atoms with Crippen molar-refractivity contribution in [3.05, 3.63) is 27.1 Å². The Morgan fingerprint density at radius 1 is 1.28 bits per heavy atom. The van der Waals surface area contributed by atoms with E-state index in [-0.39, 0.29) is 5.97 Å². The van der Waals surface area contributed by atoms with Gasteiger partial charge in [-0.3, -0.25) is 0 Å². The van der Waals surface area contributed by atoms with Crippen LogP contribution in [0.15, 0.2) is 27.1 Å². The zero-order valence-electron chi connectivity index (χ0n) is 10.8. The molecule has 1 aromatic carbocycles. The van der Waals surface area contributed by atoms with Crippen LogP contribution >= 0.6 is 31.9 Å². The Hall–Kier alpha value is -0.550. The molecule has 0 aromatic heterocycles. The third-order valence-corrected chi connectivity index (χ3v) is 3.05. The lowest BCUT2D eigenvalue weighted by atomic mass is 10.2. The molecule has 0 heterocycles. The molecule has 0 amide bonds. The number of ether oxygens (including phenoxy) is 2. The van der Waals surface area contributed by atoms with Crippen LogP contribution in [0, 0.1) is 0 Å². The quantitative estimate of drug-likeness (QED) is 0.733. The molecule has 0 saturated heterocycles. The van der Waals surface area contributed by atoms with Crippen molar-refractivity contribution in [2.45, 2.75) is 39.4 Å². The summed E-state index contributed by atoms with van der Waals surface area (Å²) in [6.07, 6.45) is -0.651. The lowest BCUT2D eigenvalue weighted by Crippen LogP contribution is -2.33. The molecule has 5 heteroatoms. The third-order valence-electron chi connectivity index (χ3n) is 1.94. The van der Waals surface area contributed by atoms with Crippen molar-refractivity contribution in [1.29, 1.82) is 0 Å². The summed E-state index contributed by atoms with van der Waals surface area (Å²) >= 11 is 6.73. The molecule has 3 nitrogen and oxygen atoms in total. The normalized spacial score (nSPS) is 13.0. The van der Waals surface area contributed by atoms with Crippen molar-refractivity contribution >= 4 is 37.8 Å². The van der Waals surface area contributed by atoms with Crippen LogP contribution in [0.3, 0.4) is 0 Å². The molecule has 0 aliphatic carbocycles. The minimum atomic E-state index is -0.651. The lowest BCUT2D eigenvalue weighted by molar-refractivity contribution is -0.162. The lowest BCUT2D eigenvalue weighted by Gasteiger charge is -2.23. The summed E-state index contributed by atoms with van der Waals surface area (Å²) < 4.78 is 12.5. The van der Waals surface area contributed by atoms with E-state index in [9.17, 15) is 4.79 Å². The van der Waals surface area contributed by atoms with Crippen LogP contribution in [-0.4, -0.2) is 17.7 Å². The monoisotopic (exact) mass is 378 g/mol. The first-order valence-electron chi connectivity index (χ1n) is 5.53. The Balaban J connectivity index is 2.69. The molecular weight excluding hydrogens is 364 g/mol. The van der Waals surface area contributed by atoms with Gasteiger partial charge in [-0.2, -0.15) is 0 Å². The highest BCUT2D eigenvalue weighted by molar-refractivity contribution is 9.11. The van der Waals surface area contributed by atoms with E-state index in [2.05, 4.69) is 31.9 Å². The maximum absolute atomic E-state index is 11.8. The van der Waals surface area contributed by atoms with E-state index in [0.29, 0.717) is 5.75 Å². The second-order valence-corrected chi connectivity index (χ2v) is 6.64. The predicted octanol–water partition coefficient (Wildman–Crippen LogP) is 4.32. The maximum Gasteiger partial charge on any atom is 0.347 e. The number of benzene rings is 1. The minimum Gasteiger partial charge on any atom is -0.478 e. The molecule has 1 rings (SSSR count). The van der Waals surface area contributed by atoms with Crippen LogP contribution in [0.1, 0.15) is 27.7 Å². The third kappa shape index (κ3) is 4.98. The Labute approximate surface area is 124 Å². The number of rotatable bonds is 3. The molecule has 100 valence electrons. The molecule has 0 bridgehead atoms. The summed E-state index contributed by atoms with van der Waals surface area (Å²) in [5.74, 6) is 0.230. The Kier molecular flexibility index (Phi) is 5.22. The molecule has 0 aliphatic heterocycles. The van der Waals surface area contributed by atoms with Crippen molar-refractivity contribution in [1.82, 2.24) is 0 Å². The highest BCUT2D eigenvalue weighted by Gasteiger charge is 2.23. The summed E-state index contributed by atoms with van der Waals surface area (Å²) in [5.41, 5.74) is -0.508. The topological polar surface area (TPSA) is 35.5 Å². The molecule has 0 aliphatic rings. The molecule has 1 atom stereocenters. The van der Waals surface area contributed by atoms with Crippen LogP contribution in [0.25, 0.3) is 0 Å². The van der Waals surface area contributed by atoms with Gasteiger partial charge < -0.3 is 9.47 Å². The Morgan fingerprint density at radius 3 is 2.39 bits per heavy atom. The fraction of sp³-hybridized carbons (Fsp3) is 0.462. The van der Waals surface area contributed by atoms with Gasteiger partial charge in [-0.15, -0.1) is 0 Å². The van der Waals surface area contributed by atoms with Crippen molar-refractivity contribution in [3.63, 3.8) is 0 Å². The van der Waals surface area contributed by atoms with Crippen LogP contribution in [-0.2, 0) is 9.53 Å². The highest BCUT2D eigenvalue weighted by Crippen LogP contribution is 2.29. The second kappa shape index (κ2) is 6.06. The fourth-order valence-corrected chi connectivity index (χ4v) is 2.33. The van der Waals surface area contributed by atoms with Crippen molar-refractivity contribution in [2.24, 2.45) is 0 Å². The molecule has 18 heavy (non-hydrogen) atoms. The largest absolute Gasteiger partial charge is 0.478 e. The van der Waals surface area contributed by atoms with E-state index < -0.39 is 11.7 Å². The van der Waals surface area contributed by atoms with E-state index in [0.717, 1.165) is 8.95 Å². The summed E-state index contributed by atoms with van der Waals surface area (Å²) in [7, 11) is 0. The zero-order chi connectivity index (χ0) is 13.9. The van der Waals surface area contributed by atoms with Gasteiger partial charge in [-0.25, -0.2) is 4.79 Å². The van der Waals surface area contributed by atoms with E-state index in [1.54, 1.807) is 13.0 Å². The molecule has 0 spiro atoms. The highest BCUT2D eigenvalue weighted by atomic mass is 79.9. The van der Waals surface area contributed by atoms with Crippen LogP contribution in [0.4, 0.5) is 0 Å². The second-order valence-electron chi connectivity index (χ2n) is 4.87. The van der Waals surface area contributed by atoms with Crippen molar-refractivity contribution in [3.8, 4) is 5.75 Å². The van der Waals surface area contributed by atoms with Crippen LogP contribution in [0.5, 0.6) is 5.75 Å². The van der Waals surface area contributed by atoms with Gasteiger partial charge in [0.1, 0.15) is 11.4 Å². The molecule has 0 saturated carbocycles. The first-order valence-corrected chi connectivity index (χ1v) is 7.12. The van der Waals surface area contributed by atoms with E-state index in [1.807, 2.05) is 32.9 Å². The zero-order valence-corrected chi connectivity index (χ0v) is 14.0. The van der Waals surface area contributed by atoms with Gasteiger partial charge in [0, 0.05) is 4.47 Å². The fourth-order valence-electron chi connectivity index (χ4n) is 1.19. The van der Waals surface area contributed by atoms with Gasteiger partial charge in [0.2, 0.25) is 0 Å². The number of halogens is 2. The molecule has 1 unspecified atom stereocenters. The van der Waals surface area contributed by atoms with E-state index in [1.165, 1.54) is 0 Å². The van der Waals surface area contributed by atoms with Crippen molar-refractivity contribution < 1.29 is 14.3 Å². The first-order chi connectivity index (χ1) is 8.19. The van der Waals surface area contributed by atoms with Gasteiger partial charge in [0.05, 0.1) is 4.47 Å². The van der Waals surface area contributed by atoms with Gasteiger partial charge in [-0.1, -0.05) is 15.9 Å². The van der Waals surface area contributed by atoms with E-state index >= 15 is 0 Å². The summed E-state index contributed by atoms with van der Waals surface area (Å²) in [5, 5.41) is 0. The smallest absolute Gasteiger partial charge is 0.347 e. The minimum absolute atomic E-state index is 0.377. The number of hydrogen-bond acceptors (Lipinski definition) is 3. The van der Waals surface area contributed by atoms with Gasteiger partial charge >= 0.3 is 5.97 Å². The first kappa shape index (κ1) is 15.5. The summed E-state index contributed by atoms with van der Waals surface area (Å²) in [6.45, 7) is 7.15. The molecule has 0 N–H and O–H groups in total. The average Bonchev–Trinajstić information content (AvgIpc) is 2.19. The molecule has 0 radical (unpaired) electrons. The van der Waals surface area contributed by atoms with Crippen LogP contribution in [0.2, 0.25) is 0 Å². The van der Waals surface area contributed by atoms with E-state index in [4.69, 9.17) is 9.47 Å². The number of esters is 1. The Bertz CT molecular complexity index is 438. The molecule has 0 fully saturated rings. The average molecular weight is 380 g/mol. The number of carbonyl (C=O) groups is 1. The van der Waals surface area contributed by atoms with Crippen LogP contribution < -0.4 is 4.74 Å². The van der Waals surface area contributed by atoms with Gasteiger partial charge in [-0.05, 0) is 61.8 Å². The molecule has 1 aromatic rings. The number of hydrogen-bond donors (Lipinski definition) is 0. The maximum atomic E-state index is 11.8. The van der Waals surface area contributed by atoms with Gasteiger partial charge in [0.15, 0.2) is 6.10 Å². The SMILES string of the molecule is CC(Oc1ccc(Br)cc1Br)C(=O)OC(C)(C)C. The molecular formula is C13H16Br2O3.